The Hall–Kier alpha value is -1.42. The topological polar surface area (TPSA) is 55.2 Å². The van der Waals surface area contributed by atoms with Crippen LogP contribution in [0.1, 0.15) is 25.8 Å². The van der Waals surface area contributed by atoms with E-state index in [1.165, 1.54) is 0 Å². The Morgan fingerprint density at radius 3 is 2.71 bits per heavy atom. The van der Waals surface area contributed by atoms with E-state index < -0.39 is 0 Å². The van der Waals surface area contributed by atoms with E-state index in [4.69, 9.17) is 0 Å². The summed E-state index contributed by atoms with van der Waals surface area (Å²) in [7, 11) is 0. The summed E-state index contributed by atoms with van der Waals surface area (Å²) < 4.78 is 0. The number of benzene rings is 1. The first kappa shape index (κ1) is 13.6. The molecule has 4 heteroatoms. The fourth-order valence-corrected chi connectivity index (χ4v) is 1.69. The van der Waals surface area contributed by atoms with Gasteiger partial charge >= 0.3 is 0 Å². The molecule has 1 aromatic rings. The fourth-order valence-electron chi connectivity index (χ4n) is 1.69. The lowest BCUT2D eigenvalue weighted by atomic mass is 10.1. The molecule has 4 nitrogen and oxygen atoms in total. The average Bonchev–Trinajstić information content (AvgIpc) is 2.28. The number of hydrogen-bond acceptors (Lipinski definition) is 3. The van der Waals surface area contributed by atoms with Crippen molar-refractivity contribution in [2.24, 2.45) is 5.92 Å². The number of nitro benzene ring substituents is 1. The minimum Gasteiger partial charge on any atom is -0.316 e. The molecule has 0 aliphatic heterocycles. The van der Waals surface area contributed by atoms with E-state index in [1.54, 1.807) is 12.1 Å². The molecule has 0 aliphatic rings. The zero-order valence-electron chi connectivity index (χ0n) is 10.5. The van der Waals surface area contributed by atoms with Gasteiger partial charge in [0.15, 0.2) is 0 Å². The largest absolute Gasteiger partial charge is 0.316 e. The van der Waals surface area contributed by atoms with Crippen LogP contribution in [0.4, 0.5) is 5.69 Å². The number of hydrogen-bond donors (Lipinski definition) is 1. The smallest absolute Gasteiger partial charge is 0.272 e. The highest BCUT2D eigenvalue weighted by Gasteiger charge is 2.11. The summed E-state index contributed by atoms with van der Waals surface area (Å²) in [4.78, 5) is 10.5. The molecular formula is C13H20N2O2. The van der Waals surface area contributed by atoms with Gasteiger partial charge in [0.2, 0.25) is 0 Å². The molecular weight excluding hydrogens is 216 g/mol. The highest BCUT2D eigenvalue weighted by atomic mass is 16.6. The summed E-state index contributed by atoms with van der Waals surface area (Å²) in [6.07, 6.45) is 1.68. The van der Waals surface area contributed by atoms with Crippen LogP contribution in [0, 0.1) is 16.0 Å². The summed E-state index contributed by atoms with van der Waals surface area (Å²) in [5.74, 6) is 0.640. The predicted molar refractivity (Wildman–Crippen MR) is 69.1 cm³/mol. The lowest BCUT2D eigenvalue weighted by molar-refractivity contribution is -0.385. The molecule has 0 aliphatic carbocycles. The lowest BCUT2D eigenvalue weighted by Crippen LogP contribution is -2.21. The quantitative estimate of drug-likeness (QED) is 0.450. The van der Waals surface area contributed by atoms with Crippen LogP contribution in [0.5, 0.6) is 0 Å². The Labute approximate surface area is 102 Å². The summed E-state index contributed by atoms with van der Waals surface area (Å²) in [6, 6.07) is 6.96. The molecule has 17 heavy (non-hydrogen) atoms. The third-order valence-corrected chi connectivity index (χ3v) is 2.54. The third kappa shape index (κ3) is 4.95. The van der Waals surface area contributed by atoms with Crippen molar-refractivity contribution in [3.63, 3.8) is 0 Å². The van der Waals surface area contributed by atoms with Crippen LogP contribution in [0.2, 0.25) is 0 Å². The molecule has 1 rings (SSSR count). The van der Waals surface area contributed by atoms with Gasteiger partial charge in [-0.3, -0.25) is 10.1 Å². The van der Waals surface area contributed by atoms with Gasteiger partial charge in [-0.15, -0.1) is 0 Å². The van der Waals surface area contributed by atoms with Crippen molar-refractivity contribution in [2.75, 3.05) is 13.1 Å². The van der Waals surface area contributed by atoms with E-state index in [0.29, 0.717) is 5.92 Å². The van der Waals surface area contributed by atoms with Crippen LogP contribution < -0.4 is 5.32 Å². The first-order valence-corrected chi connectivity index (χ1v) is 6.04. The van der Waals surface area contributed by atoms with Gasteiger partial charge < -0.3 is 5.32 Å². The zero-order valence-corrected chi connectivity index (χ0v) is 10.5. The standard InChI is InChI=1S/C13H20N2O2/c1-11(2)10-14-9-5-7-12-6-3-4-8-13(12)15(16)17/h3-4,6,8,11,14H,5,7,9-10H2,1-2H3. The van der Waals surface area contributed by atoms with Gasteiger partial charge in [0.05, 0.1) is 4.92 Å². The van der Waals surface area contributed by atoms with Crippen molar-refractivity contribution in [2.45, 2.75) is 26.7 Å². The lowest BCUT2D eigenvalue weighted by Gasteiger charge is -2.07. The molecule has 1 N–H and O–H groups in total. The highest BCUT2D eigenvalue weighted by Crippen LogP contribution is 2.18. The van der Waals surface area contributed by atoms with E-state index in [-0.39, 0.29) is 10.6 Å². The Morgan fingerprint density at radius 2 is 2.06 bits per heavy atom. The SMILES string of the molecule is CC(C)CNCCCc1ccccc1[N+](=O)[O-]. The molecule has 0 saturated carbocycles. The van der Waals surface area contributed by atoms with Crippen LogP contribution in [0.15, 0.2) is 24.3 Å². The van der Waals surface area contributed by atoms with Crippen molar-refractivity contribution < 1.29 is 4.92 Å². The number of nitrogens with one attached hydrogen (secondary N) is 1. The van der Waals surface area contributed by atoms with Crippen molar-refractivity contribution in [1.82, 2.24) is 5.32 Å². The molecule has 0 fully saturated rings. The van der Waals surface area contributed by atoms with E-state index in [0.717, 1.165) is 31.5 Å². The molecule has 0 saturated heterocycles. The Balaban J connectivity index is 2.39. The van der Waals surface area contributed by atoms with Crippen LogP contribution in [0.25, 0.3) is 0 Å². The Kier molecular flexibility index (Phi) is 5.63. The number of nitrogens with zero attached hydrogens (tertiary/aromatic N) is 1. The molecule has 1 aromatic carbocycles. The Morgan fingerprint density at radius 1 is 1.35 bits per heavy atom. The van der Waals surface area contributed by atoms with E-state index in [2.05, 4.69) is 19.2 Å². The first-order chi connectivity index (χ1) is 8.11. The van der Waals surface area contributed by atoms with Gasteiger partial charge in [-0.05, 0) is 31.8 Å². The molecule has 0 aromatic heterocycles. The van der Waals surface area contributed by atoms with Gasteiger partial charge in [0.25, 0.3) is 5.69 Å². The maximum Gasteiger partial charge on any atom is 0.272 e. The molecule has 0 bridgehead atoms. The highest BCUT2D eigenvalue weighted by molar-refractivity contribution is 5.39. The molecule has 0 spiro atoms. The molecule has 0 unspecified atom stereocenters. The summed E-state index contributed by atoms with van der Waals surface area (Å²) in [6.45, 7) is 6.23. The van der Waals surface area contributed by atoms with Gasteiger partial charge in [-0.25, -0.2) is 0 Å². The normalized spacial score (nSPS) is 10.8. The van der Waals surface area contributed by atoms with Gasteiger partial charge in [-0.2, -0.15) is 0 Å². The summed E-state index contributed by atoms with van der Waals surface area (Å²) >= 11 is 0. The molecule has 0 radical (unpaired) electrons. The monoisotopic (exact) mass is 236 g/mol. The minimum absolute atomic E-state index is 0.233. The van der Waals surface area contributed by atoms with E-state index >= 15 is 0 Å². The average molecular weight is 236 g/mol. The van der Waals surface area contributed by atoms with Crippen molar-refractivity contribution in [1.29, 1.82) is 0 Å². The molecule has 94 valence electrons. The second-order valence-corrected chi connectivity index (χ2v) is 4.59. The third-order valence-electron chi connectivity index (χ3n) is 2.54. The second-order valence-electron chi connectivity index (χ2n) is 4.59. The van der Waals surface area contributed by atoms with Crippen LogP contribution >= 0.6 is 0 Å². The molecule has 0 amide bonds. The first-order valence-electron chi connectivity index (χ1n) is 6.04. The summed E-state index contributed by atoms with van der Waals surface area (Å²) in [5, 5.41) is 14.1. The van der Waals surface area contributed by atoms with Crippen LogP contribution in [-0.2, 0) is 6.42 Å². The van der Waals surface area contributed by atoms with Crippen LogP contribution in [-0.4, -0.2) is 18.0 Å². The number of nitro groups is 1. The van der Waals surface area contributed by atoms with Crippen molar-refractivity contribution >= 4 is 5.69 Å². The second kappa shape index (κ2) is 7.01. The maximum atomic E-state index is 10.8. The van der Waals surface area contributed by atoms with E-state index in [9.17, 15) is 10.1 Å². The number of para-hydroxylation sites is 1. The molecule has 0 atom stereocenters. The Bertz CT molecular complexity index is 364. The van der Waals surface area contributed by atoms with Gasteiger partial charge in [0, 0.05) is 11.6 Å². The maximum absolute atomic E-state index is 10.8. The van der Waals surface area contributed by atoms with Crippen LogP contribution in [0.3, 0.4) is 0 Å². The number of aryl methyl sites for hydroxylation is 1. The fraction of sp³-hybridized carbons (Fsp3) is 0.538. The predicted octanol–water partition coefficient (Wildman–Crippen LogP) is 2.77. The van der Waals surface area contributed by atoms with E-state index in [1.807, 2.05) is 12.1 Å². The number of rotatable bonds is 7. The van der Waals surface area contributed by atoms with Gasteiger partial charge in [-0.1, -0.05) is 32.0 Å². The zero-order chi connectivity index (χ0) is 12.7. The van der Waals surface area contributed by atoms with Crippen molar-refractivity contribution in [3.05, 3.63) is 39.9 Å². The van der Waals surface area contributed by atoms with Gasteiger partial charge in [0.1, 0.15) is 0 Å². The summed E-state index contributed by atoms with van der Waals surface area (Å²) in [5.41, 5.74) is 1.06. The minimum atomic E-state index is -0.309. The van der Waals surface area contributed by atoms with Crippen molar-refractivity contribution in [3.8, 4) is 0 Å². The molecule has 0 heterocycles.